The number of aryl methyl sites for hydroxylation is 1. The molecule has 41 heavy (non-hydrogen) atoms. The van der Waals surface area contributed by atoms with E-state index in [1.807, 2.05) is 87.8 Å². The van der Waals surface area contributed by atoms with E-state index < -0.39 is 5.60 Å². The smallest absolute Gasteiger partial charge is 0.307 e. The van der Waals surface area contributed by atoms with Gasteiger partial charge in [0, 0.05) is 42.9 Å². The highest BCUT2D eigenvalue weighted by atomic mass is 35.5. The molecule has 1 aromatic carbocycles. The van der Waals surface area contributed by atoms with Crippen LogP contribution in [0.5, 0.6) is 0 Å². The number of pyridine rings is 1. The first-order chi connectivity index (χ1) is 19.6. The number of carbonyl (C=O) groups excluding carboxylic acids is 1. The summed E-state index contributed by atoms with van der Waals surface area (Å²) in [6.07, 6.45) is 4.09. The molecule has 5 rings (SSSR count). The monoisotopic (exact) mass is 573 g/mol. The Kier molecular flexibility index (Phi) is 7.89. The summed E-state index contributed by atoms with van der Waals surface area (Å²) in [5, 5.41) is 20.3. The molecule has 0 aliphatic heterocycles. The van der Waals surface area contributed by atoms with Crippen molar-refractivity contribution in [3.63, 3.8) is 0 Å². The second kappa shape index (κ2) is 11.5. The zero-order valence-electron chi connectivity index (χ0n) is 23.6. The molecule has 5 aromatic rings. The van der Waals surface area contributed by atoms with Gasteiger partial charge in [0.2, 0.25) is 5.95 Å². The molecule has 0 fully saturated rings. The summed E-state index contributed by atoms with van der Waals surface area (Å²) in [4.78, 5) is 22.0. The summed E-state index contributed by atoms with van der Waals surface area (Å²) in [5.74, 6) is 2.02. The third-order valence-electron chi connectivity index (χ3n) is 6.39. The van der Waals surface area contributed by atoms with E-state index in [0.717, 1.165) is 22.8 Å². The van der Waals surface area contributed by atoms with Gasteiger partial charge in [-0.15, -0.1) is 10.2 Å². The van der Waals surface area contributed by atoms with E-state index in [4.69, 9.17) is 21.3 Å². The highest BCUT2D eigenvalue weighted by Crippen LogP contribution is 2.31. The van der Waals surface area contributed by atoms with E-state index in [0.29, 0.717) is 34.6 Å². The molecule has 0 spiro atoms. The van der Waals surface area contributed by atoms with Crippen LogP contribution in [-0.4, -0.2) is 53.0 Å². The van der Waals surface area contributed by atoms with Crippen molar-refractivity contribution in [3.05, 3.63) is 77.3 Å². The van der Waals surface area contributed by atoms with E-state index in [2.05, 4.69) is 30.9 Å². The lowest BCUT2D eigenvalue weighted by atomic mass is 9.95. The molecule has 1 unspecified atom stereocenters. The zero-order chi connectivity index (χ0) is 29.1. The molecule has 0 aliphatic rings. The molecule has 212 valence electrons. The number of benzene rings is 1. The molecule has 0 radical (unpaired) electrons. The maximum atomic E-state index is 13.0. The topological polar surface area (TPSA) is 124 Å². The lowest BCUT2D eigenvalue weighted by molar-refractivity contribution is -0.155. The second-order valence-electron chi connectivity index (χ2n) is 10.7. The summed E-state index contributed by atoms with van der Waals surface area (Å²) in [6, 6.07) is 15.2. The Balaban J connectivity index is 1.51. The van der Waals surface area contributed by atoms with Crippen LogP contribution in [-0.2, 0) is 23.0 Å². The minimum Gasteiger partial charge on any atom is -0.460 e. The number of aromatic nitrogens is 7. The Morgan fingerprint density at radius 1 is 1.05 bits per heavy atom. The fraction of sp³-hybridized carbons (Fsp3) is 0.310. The normalized spacial score (nSPS) is 12.3. The van der Waals surface area contributed by atoms with Crippen molar-refractivity contribution >= 4 is 40.8 Å². The van der Waals surface area contributed by atoms with E-state index in [-0.39, 0.29) is 18.3 Å². The van der Waals surface area contributed by atoms with Crippen LogP contribution in [0.4, 0.5) is 17.6 Å². The van der Waals surface area contributed by atoms with Gasteiger partial charge in [0.05, 0.1) is 18.3 Å². The van der Waals surface area contributed by atoms with Gasteiger partial charge < -0.3 is 15.4 Å². The van der Waals surface area contributed by atoms with Gasteiger partial charge in [0.25, 0.3) is 0 Å². The number of fused-ring (bicyclic) bond motifs is 1. The summed E-state index contributed by atoms with van der Waals surface area (Å²) in [6.45, 7) is 5.57. The third kappa shape index (κ3) is 6.63. The zero-order valence-corrected chi connectivity index (χ0v) is 24.3. The van der Waals surface area contributed by atoms with Crippen molar-refractivity contribution in [3.8, 4) is 11.3 Å². The SMILES string of the molecule is CNc1cc(-c2ccnc(Nc3ccnn3C)n2)cc2nnc(C(CC(=O)OC(C)(C)C)Cc3ccc(Cl)cc3)n12. The largest absolute Gasteiger partial charge is 0.460 e. The quantitative estimate of drug-likeness (QED) is 0.222. The Morgan fingerprint density at radius 2 is 1.83 bits per heavy atom. The second-order valence-corrected chi connectivity index (χ2v) is 11.1. The number of nitrogens with one attached hydrogen (secondary N) is 2. The van der Waals surface area contributed by atoms with Crippen molar-refractivity contribution in [2.45, 2.75) is 45.1 Å². The molecule has 0 saturated heterocycles. The average Bonchev–Trinajstić information content (AvgIpc) is 3.54. The third-order valence-corrected chi connectivity index (χ3v) is 6.64. The molecule has 1 atom stereocenters. The number of anilines is 3. The Labute approximate surface area is 243 Å². The van der Waals surface area contributed by atoms with Gasteiger partial charge in [-0.25, -0.2) is 9.97 Å². The van der Waals surface area contributed by atoms with Crippen molar-refractivity contribution in [1.29, 1.82) is 0 Å². The van der Waals surface area contributed by atoms with Crippen molar-refractivity contribution in [2.75, 3.05) is 17.7 Å². The lowest BCUT2D eigenvalue weighted by Crippen LogP contribution is -2.25. The summed E-state index contributed by atoms with van der Waals surface area (Å²) >= 11 is 6.11. The van der Waals surface area contributed by atoms with Crippen LogP contribution in [0.15, 0.2) is 60.9 Å². The van der Waals surface area contributed by atoms with Crippen LogP contribution in [0.1, 0.15) is 44.5 Å². The van der Waals surface area contributed by atoms with Gasteiger partial charge >= 0.3 is 5.97 Å². The number of esters is 1. The molecule has 4 heterocycles. The molecule has 0 aliphatic carbocycles. The summed E-state index contributed by atoms with van der Waals surface area (Å²) in [5.41, 5.74) is 2.59. The molecular formula is C29H32ClN9O2. The molecule has 0 saturated carbocycles. The molecular weight excluding hydrogens is 542 g/mol. The van der Waals surface area contributed by atoms with E-state index in [9.17, 15) is 4.79 Å². The molecule has 2 N–H and O–H groups in total. The highest BCUT2D eigenvalue weighted by Gasteiger charge is 2.27. The number of ether oxygens (including phenoxy) is 1. The van der Waals surface area contributed by atoms with Crippen LogP contribution < -0.4 is 10.6 Å². The number of hydrogen-bond donors (Lipinski definition) is 2. The standard InChI is InChI=1S/C29H32ClN9O2/c1-29(2,3)41-26(40)17-20(14-18-6-8-21(30)9-7-18)27-37-36-25-16-19(15-24(31-4)39(25)27)22-10-12-32-28(34-22)35-23-11-13-33-38(23)5/h6-13,15-16,20,31H,14,17H2,1-5H3,(H,32,34,35). The first-order valence-corrected chi connectivity index (χ1v) is 13.6. The highest BCUT2D eigenvalue weighted by molar-refractivity contribution is 6.30. The van der Waals surface area contributed by atoms with Gasteiger partial charge in [-0.1, -0.05) is 23.7 Å². The van der Waals surface area contributed by atoms with Crippen molar-refractivity contribution < 1.29 is 9.53 Å². The van der Waals surface area contributed by atoms with Gasteiger partial charge in [-0.3, -0.25) is 13.9 Å². The average molecular weight is 574 g/mol. The predicted octanol–water partition coefficient (Wildman–Crippen LogP) is 5.42. The number of rotatable bonds is 9. The molecule has 12 heteroatoms. The molecule has 11 nitrogen and oxygen atoms in total. The first-order valence-electron chi connectivity index (χ1n) is 13.2. The summed E-state index contributed by atoms with van der Waals surface area (Å²) in [7, 11) is 3.67. The fourth-order valence-corrected chi connectivity index (χ4v) is 4.70. The molecule has 0 bridgehead atoms. The Bertz CT molecular complexity index is 1670. The molecule has 0 amide bonds. The Morgan fingerprint density at radius 3 is 2.51 bits per heavy atom. The van der Waals surface area contributed by atoms with Crippen LogP contribution in [0.2, 0.25) is 5.02 Å². The van der Waals surface area contributed by atoms with Crippen LogP contribution in [0.25, 0.3) is 16.9 Å². The number of halogens is 1. The van der Waals surface area contributed by atoms with Gasteiger partial charge in [-0.05, 0) is 63.1 Å². The summed E-state index contributed by atoms with van der Waals surface area (Å²) < 4.78 is 9.31. The lowest BCUT2D eigenvalue weighted by Gasteiger charge is -2.22. The predicted molar refractivity (Wildman–Crippen MR) is 158 cm³/mol. The van der Waals surface area contributed by atoms with Gasteiger partial charge in [0.1, 0.15) is 23.1 Å². The minimum atomic E-state index is -0.595. The van der Waals surface area contributed by atoms with E-state index >= 15 is 0 Å². The fourth-order valence-electron chi connectivity index (χ4n) is 4.57. The number of hydrogen-bond acceptors (Lipinski definition) is 9. The molecule has 4 aromatic heterocycles. The Hall–Kier alpha value is -4.51. The van der Waals surface area contributed by atoms with Gasteiger partial charge in [0.15, 0.2) is 5.65 Å². The van der Waals surface area contributed by atoms with Gasteiger partial charge in [-0.2, -0.15) is 5.10 Å². The number of carbonyl (C=O) groups is 1. The van der Waals surface area contributed by atoms with Crippen LogP contribution in [0, 0.1) is 0 Å². The first kappa shape index (κ1) is 28.0. The van der Waals surface area contributed by atoms with Crippen molar-refractivity contribution in [1.82, 2.24) is 34.3 Å². The van der Waals surface area contributed by atoms with E-state index in [1.54, 1.807) is 17.1 Å². The van der Waals surface area contributed by atoms with Crippen LogP contribution >= 0.6 is 11.6 Å². The maximum absolute atomic E-state index is 13.0. The van der Waals surface area contributed by atoms with E-state index in [1.165, 1.54) is 0 Å². The minimum absolute atomic E-state index is 0.139. The maximum Gasteiger partial charge on any atom is 0.307 e. The van der Waals surface area contributed by atoms with Crippen LogP contribution in [0.3, 0.4) is 0 Å². The van der Waals surface area contributed by atoms with Crippen molar-refractivity contribution in [2.24, 2.45) is 7.05 Å². The number of nitrogens with zero attached hydrogens (tertiary/aromatic N) is 7.